The number of hydrogen-bond donors (Lipinski definition) is 0. The fourth-order valence-corrected chi connectivity index (χ4v) is 14.4. The van der Waals surface area contributed by atoms with Gasteiger partial charge in [0.15, 0.2) is 0 Å². The molecule has 0 saturated heterocycles. The lowest BCUT2D eigenvalue weighted by atomic mass is 10.1. The summed E-state index contributed by atoms with van der Waals surface area (Å²) in [6, 6.07) is 45.3. The van der Waals surface area contributed by atoms with Crippen LogP contribution in [0, 0.1) is 41.5 Å². The summed E-state index contributed by atoms with van der Waals surface area (Å²) in [7, 11) is -11.8. The maximum Gasteiger partial charge on any atom is 0.460 e. The summed E-state index contributed by atoms with van der Waals surface area (Å²) < 4.78 is 57.5. The molecule has 7 rings (SSSR count). The molecule has 12 heteroatoms. The lowest BCUT2D eigenvalue weighted by Crippen LogP contribution is -2.11. The molecular weight excluding hydrogens is 735 g/mol. The SMILES string of the molecule is Cc1ccc(OP2(Oc3ccccc3)=NP(Oc3ccccc3)(Oc3ccc(C)c(C)c3)=NP(Oc3ccccc3)(Oc3ccc(C)c(C)c3)=N2)cc1C. The summed E-state index contributed by atoms with van der Waals surface area (Å²) in [6.45, 7) is 12.2. The topological polar surface area (TPSA) is 92.5 Å². The summed E-state index contributed by atoms with van der Waals surface area (Å²) >= 11 is 0. The van der Waals surface area contributed by atoms with Gasteiger partial charge in [-0.1, -0.05) is 86.3 Å². The molecule has 1 heterocycles. The number of nitrogens with zero attached hydrogens (tertiary/aromatic N) is 3. The molecule has 0 unspecified atom stereocenters. The van der Waals surface area contributed by atoms with Crippen molar-refractivity contribution in [2.75, 3.05) is 0 Å². The second-order valence-corrected chi connectivity index (χ2v) is 19.2. The Bertz CT molecular complexity index is 2170. The van der Waals surface area contributed by atoms with E-state index in [2.05, 4.69) is 0 Å². The van der Waals surface area contributed by atoms with E-state index in [1.54, 1.807) is 0 Å². The molecule has 54 heavy (non-hydrogen) atoms. The molecule has 0 N–H and O–H groups in total. The van der Waals surface area contributed by atoms with Crippen molar-refractivity contribution in [3.05, 3.63) is 179 Å². The number of rotatable bonds is 12. The van der Waals surface area contributed by atoms with Gasteiger partial charge in [0.05, 0.1) is 0 Å². The minimum atomic E-state index is -3.95. The third kappa shape index (κ3) is 8.77. The maximum atomic E-state index is 6.96. The summed E-state index contributed by atoms with van der Waals surface area (Å²) in [5.74, 6) is 2.88. The Morgan fingerprint density at radius 3 is 0.759 bits per heavy atom. The average molecular weight is 778 g/mol. The minimum Gasteiger partial charge on any atom is -0.413 e. The third-order valence-electron chi connectivity index (χ3n) is 8.69. The summed E-state index contributed by atoms with van der Waals surface area (Å²) in [5.41, 5.74) is 6.37. The molecule has 0 spiro atoms. The molecule has 0 aromatic heterocycles. The van der Waals surface area contributed by atoms with E-state index < -0.39 is 23.0 Å². The molecule has 0 saturated carbocycles. The minimum absolute atomic E-state index is 0.469. The molecule has 0 aliphatic carbocycles. The van der Waals surface area contributed by atoms with Gasteiger partial charge in [0, 0.05) is 0 Å². The van der Waals surface area contributed by atoms with E-state index in [1.807, 2.05) is 187 Å². The summed E-state index contributed by atoms with van der Waals surface area (Å²) in [6.07, 6.45) is 0. The predicted molar refractivity (Wildman–Crippen MR) is 219 cm³/mol. The van der Waals surface area contributed by atoms with E-state index in [0.717, 1.165) is 33.4 Å². The van der Waals surface area contributed by atoms with Crippen LogP contribution in [0.5, 0.6) is 34.5 Å². The van der Waals surface area contributed by atoms with Gasteiger partial charge in [-0.3, -0.25) is 0 Å². The molecule has 6 aromatic rings. The fraction of sp³-hybridized carbons (Fsp3) is 0.143. The van der Waals surface area contributed by atoms with Gasteiger partial charge in [-0.25, -0.2) is 0 Å². The largest absolute Gasteiger partial charge is 0.460 e. The molecule has 9 nitrogen and oxygen atoms in total. The maximum absolute atomic E-state index is 6.96. The fourth-order valence-electron chi connectivity index (χ4n) is 5.34. The number of benzene rings is 6. The molecule has 1 aliphatic rings. The highest BCUT2D eigenvalue weighted by molar-refractivity contribution is 7.79. The average Bonchev–Trinajstić information content (AvgIpc) is 3.14. The number of hydrogen-bond acceptors (Lipinski definition) is 9. The van der Waals surface area contributed by atoms with Crippen LogP contribution in [0.3, 0.4) is 0 Å². The Hall–Kier alpha value is -5.19. The molecular formula is C42H42N3O6P3. The standard InChI is InChI=1S/C42H42N3O6P3/c1-31-22-25-40(28-34(31)4)49-52(46-37-16-10-7-11-17-37)43-53(47-38-18-12-8-13-19-38,50-41-26-23-32(2)35(5)29-41)45-54(44-52,48-39-20-14-9-15-21-39)51-42-27-24-33(3)36(6)30-42/h7-30H,1-6H3. The van der Waals surface area contributed by atoms with Crippen LogP contribution in [0.4, 0.5) is 0 Å². The summed E-state index contributed by atoms with van der Waals surface area (Å²) in [4.78, 5) is 0. The molecule has 0 atom stereocenters. The Balaban J connectivity index is 1.58. The van der Waals surface area contributed by atoms with E-state index in [0.29, 0.717) is 34.5 Å². The second kappa shape index (κ2) is 15.7. The van der Waals surface area contributed by atoms with Gasteiger partial charge in [-0.05, 0) is 148 Å². The van der Waals surface area contributed by atoms with Crippen molar-refractivity contribution in [2.24, 2.45) is 13.5 Å². The quantitative estimate of drug-likeness (QED) is 0.115. The first-order valence-electron chi connectivity index (χ1n) is 17.5. The van der Waals surface area contributed by atoms with E-state index in [9.17, 15) is 0 Å². The van der Waals surface area contributed by atoms with E-state index in [-0.39, 0.29) is 0 Å². The van der Waals surface area contributed by atoms with Crippen molar-refractivity contribution in [3.63, 3.8) is 0 Å². The van der Waals surface area contributed by atoms with Crippen LogP contribution in [0.2, 0.25) is 0 Å². The monoisotopic (exact) mass is 777 g/mol. The molecule has 0 amide bonds. The molecule has 0 fully saturated rings. The van der Waals surface area contributed by atoms with Crippen LogP contribution < -0.4 is 27.1 Å². The zero-order chi connectivity index (χ0) is 37.8. The third-order valence-corrected chi connectivity index (χ3v) is 16.8. The van der Waals surface area contributed by atoms with Crippen LogP contribution in [-0.2, 0) is 0 Å². The van der Waals surface area contributed by atoms with Crippen molar-refractivity contribution in [3.8, 4) is 34.5 Å². The van der Waals surface area contributed by atoms with Crippen molar-refractivity contribution >= 4 is 23.0 Å². The van der Waals surface area contributed by atoms with Crippen LogP contribution in [0.1, 0.15) is 33.4 Å². The van der Waals surface area contributed by atoms with Crippen LogP contribution in [0.15, 0.2) is 159 Å². The van der Waals surface area contributed by atoms with Gasteiger partial charge >= 0.3 is 23.0 Å². The Kier molecular flexibility index (Phi) is 10.8. The zero-order valence-corrected chi connectivity index (χ0v) is 33.7. The van der Waals surface area contributed by atoms with Crippen molar-refractivity contribution < 1.29 is 27.1 Å². The smallest absolute Gasteiger partial charge is 0.413 e. The van der Waals surface area contributed by atoms with E-state index in [1.165, 1.54) is 0 Å². The lowest BCUT2D eigenvalue weighted by molar-refractivity contribution is 0.443. The molecule has 0 bridgehead atoms. The zero-order valence-electron chi connectivity index (χ0n) is 31.0. The molecule has 276 valence electrons. The van der Waals surface area contributed by atoms with Gasteiger partial charge in [0.2, 0.25) is 0 Å². The Labute approximate surface area is 317 Å². The highest BCUT2D eigenvalue weighted by atomic mass is 31.3. The lowest BCUT2D eigenvalue weighted by Gasteiger charge is -2.33. The first kappa shape index (κ1) is 37.1. The Morgan fingerprint density at radius 1 is 0.278 bits per heavy atom. The first-order valence-corrected chi connectivity index (χ1v) is 22.1. The van der Waals surface area contributed by atoms with Crippen LogP contribution in [-0.4, -0.2) is 0 Å². The van der Waals surface area contributed by atoms with Crippen molar-refractivity contribution in [2.45, 2.75) is 41.5 Å². The number of aryl methyl sites for hydroxylation is 6. The van der Waals surface area contributed by atoms with E-state index in [4.69, 9.17) is 40.7 Å². The van der Waals surface area contributed by atoms with Gasteiger partial charge < -0.3 is 27.1 Å². The highest BCUT2D eigenvalue weighted by Crippen LogP contribution is 2.78. The predicted octanol–water partition coefficient (Wildman–Crippen LogP) is 14.2. The highest BCUT2D eigenvalue weighted by Gasteiger charge is 2.49. The second-order valence-electron chi connectivity index (χ2n) is 13.0. The Morgan fingerprint density at radius 2 is 0.519 bits per heavy atom. The van der Waals surface area contributed by atoms with Crippen molar-refractivity contribution in [1.29, 1.82) is 0 Å². The molecule has 1 aliphatic heterocycles. The van der Waals surface area contributed by atoms with Gasteiger partial charge in [0.1, 0.15) is 34.5 Å². The van der Waals surface area contributed by atoms with E-state index >= 15 is 0 Å². The van der Waals surface area contributed by atoms with Gasteiger partial charge in [0.25, 0.3) is 0 Å². The van der Waals surface area contributed by atoms with Gasteiger partial charge in [-0.2, -0.15) is 0 Å². The van der Waals surface area contributed by atoms with Gasteiger partial charge in [-0.15, -0.1) is 0 Å². The number of para-hydroxylation sites is 3. The van der Waals surface area contributed by atoms with Crippen LogP contribution >= 0.6 is 23.0 Å². The van der Waals surface area contributed by atoms with Crippen molar-refractivity contribution in [1.82, 2.24) is 0 Å². The molecule has 0 radical (unpaired) electrons. The van der Waals surface area contributed by atoms with Crippen LogP contribution in [0.25, 0.3) is 0 Å². The summed E-state index contributed by atoms with van der Waals surface area (Å²) in [5, 5.41) is 0. The molecule has 6 aromatic carbocycles. The first-order chi connectivity index (χ1) is 26.0. The normalized spacial score (nSPS) is 20.3.